The number of nitrogens with zero attached hydrogens (tertiary/aromatic N) is 1. The maximum Gasteiger partial charge on any atom is 0.350 e. The van der Waals surface area contributed by atoms with Crippen molar-refractivity contribution in [2.24, 2.45) is 0 Å². The minimum Gasteiger partial charge on any atom is -0.497 e. The SMILES string of the molecule is CCOC(=O)c1sc(NC(=O)CCSc2ccc(OC)cc2)nc1-c1ccccc1. The van der Waals surface area contributed by atoms with Crippen molar-refractivity contribution in [3.05, 3.63) is 59.5 Å². The number of esters is 1. The van der Waals surface area contributed by atoms with Crippen molar-refractivity contribution in [3.8, 4) is 17.0 Å². The summed E-state index contributed by atoms with van der Waals surface area (Å²) < 4.78 is 10.3. The average Bonchev–Trinajstić information content (AvgIpc) is 3.19. The summed E-state index contributed by atoms with van der Waals surface area (Å²) in [7, 11) is 1.63. The molecule has 2 aromatic carbocycles. The van der Waals surface area contributed by atoms with Gasteiger partial charge in [-0.25, -0.2) is 9.78 Å². The maximum absolute atomic E-state index is 12.4. The van der Waals surface area contributed by atoms with Crippen LogP contribution in [0.3, 0.4) is 0 Å². The number of ether oxygens (including phenoxy) is 2. The lowest BCUT2D eigenvalue weighted by Gasteiger charge is -2.04. The summed E-state index contributed by atoms with van der Waals surface area (Å²) in [6, 6.07) is 17.1. The molecule has 0 aliphatic heterocycles. The normalized spacial score (nSPS) is 10.5. The second-order valence-electron chi connectivity index (χ2n) is 6.11. The van der Waals surface area contributed by atoms with Gasteiger partial charge in [-0.3, -0.25) is 4.79 Å². The third-order valence-electron chi connectivity index (χ3n) is 4.04. The first-order chi connectivity index (χ1) is 14.6. The number of rotatable bonds is 9. The number of thiazole rings is 1. The van der Waals surface area contributed by atoms with Crippen molar-refractivity contribution in [1.29, 1.82) is 0 Å². The molecule has 1 heterocycles. The molecule has 0 unspecified atom stereocenters. The minimum atomic E-state index is -0.440. The summed E-state index contributed by atoms with van der Waals surface area (Å²) in [4.78, 5) is 30.6. The summed E-state index contributed by atoms with van der Waals surface area (Å²) in [6.07, 6.45) is 0.325. The Morgan fingerprint density at radius 1 is 1.10 bits per heavy atom. The molecular weight excluding hydrogens is 420 g/mol. The average molecular weight is 443 g/mol. The highest BCUT2D eigenvalue weighted by Gasteiger charge is 2.21. The molecule has 0 aliphatic rings. The van der Waals surface area contributed by atoms with Crippen LogP contribution in [0, 0.1) is 0 Å². The number of anilines is 1. The lowest BCUT2D eigenvalue weighted by atomic mass is 10.1. The van der Waals surface area contributed by atoms with Crippen LogP contribution in [-0.4, -0.2) is 36.3 Å². The van der Waals surface area contributed by atoms with Gasteiger partial charge in [0.25, 0.3) is 0 Å². The molecule has 0 atom stereocenters. The number of nitrogens with one attached hydrogen (secondary N) is 1. The van der Waals surface area contributed by atoms with Gasteiger partial charge in [-0.15, -0.1) is 11.8 Å². The van der Waals surface area contributed by atoms with Gasteiger partial charge in [0.1, 0.15) is 10.6 Å². The number of hydrogen-bond donors (Lipinski definition) is 1. The standard InChI is InChI=1S/C22H22N2O4S2/c1-3-28-21(26)20-19(15-7-5-4-6-8-15)24-22(30-20)23-18(25)13-14-29-17-11-9-16(27-2)10-12-17/h4-12H,3,13-14H2,1-2H3,(H,23,24,25). The second-order valence-corrected chi connectivity index (χ2v) is 8.27. The van der Waals surface area contributed by atoms with Crippen molar-refractivity contribution in [1.82, 2.24) is 4.98 Å². The molecule has 0 saturated heterocycles. The quantitative estimate of drug-likeness (QED) is 0.366. The Morgan fingerprint density at radius 2 is 1.83 bits per heavy atom. The smallest absolute Gasteiger partial charge is 0.350 e. The van der Waals surface area contributed by atoms with Crippen molar-refractivity contribution in [2.75, 3.05) is 24.8 Å². The van der Waals surface area contributed by atoms with E-state index >= 15 is 0 Å². The number of benzene rings is 2. The zero-order chi connectivity index (χ0) is 21.3. The van der Waals surface area contributed by atoms with Crippen LogP contribution in [0.15, 0.2) is 59.5 Å². The zero-order valence-corrected chi connectivity index (χ0v) is 18.3. The van der Waals surface area contributed by atoms with E-state index in [4.69, 9.17) is 9.47 Å². The van der Waals surface area contributed by atoms with Crippen molar-refractivity contribution in [3.63, 3.8) is 0 Å². The predicted molar refractivity (Wildman–Crippen MR) is 120 cm³/mol. The number of carbonyl (C=O) groups excluding carboxylic acids is 2. The number of thioether (sulfide) groups is 1. The Bertz CT molecular complexity index is 988. The molecule has 1 aromatic heterocycles. The van der Waals surface area contributed by atoms with Gasteiger partial charge in [0, 0.05) is 22.6 Å². The highest BCUT2D eigenvalue weighted by atomic mass is 32.2. The Hall–Kier alpha value is -2.84. The molecule has 0 fully saturated rings. The Balaban J connectivity index is 1.63. The summed E-state index contributed by atoms with van der Waals surface area (Å²) in [5.74, 6) is 0.830. The summed E-state index contributed by atoms with van der Waals surface area (Å²) >= 11 is 2.71. The van der Waals surface area contributed by atoms with Crippen molar-refractivity contribution < 1.29 is 19.1 Å². The van der Waals surface area contributed by atoms with E-state index in [2.05, 4.69) is 10.3 Å². The van der Waals surface area contributed by atoms with Crippen LogP contribution in [0.5, 0.6) is 5.75 Å². The summed E-state index contributed by atoms with van der Waals surface area (Å²) in [5.41, 5.74) is 1.31. The van der Waals surface area contributed by atoms with E-state index in [0.717, 1.165) is 27.5 Å². The summed E-state index contributed by atoms with van der Waals surface area (Å²) in [5, 5.41) is 3.19. The number of amides is 1. The van der Waals surface area contributed by atoms with Gasteiger partial charge >= 0.3 is 5.97 Å². The monoisotopic (exact) mass is 442 g/mol. The van der Waals surface area contributed by atoms with Crippen LogP contribution in [0.2, 0.25) is 0 Å². The molecule has 0 saturated carbocycles. The molecule has 156 valence electrons. The first-order valence-electron chi connectivity index (χ1n) is 9.40. The highest BCUT2D eigenvalue weighted by molar-refractivity contribution is 7.99. The minimum absolute atomic E-state index is 0.153. The Labute approximate surface area is 183 Å². The number of hydrogen-bond acceptors (Lipinski definition) is 7. The molecule has 1 N–H and O–H groups in total. The van der Waals surface area contributed by atoms with E-state index in [-0.39, 0.29) is 12.5 Å². The maximum atomic E-state index is 12.4. The largest absolute Gasteiger partial charge is 0.497 e. The molecular formula is C22H22N2O4S2. The van der Waals surface area contributed by atoms with Gasteiger partial charge in [-0.05, 0) is 31.2 Å². The molecule has 0 radical (unpaired) electrons. The Morgan fingerprint density at radius 3 is 2.50 bits per heavy atom. The van der Waals surface area contributed by atoms with Gasteiger partial charge in [0.2, 0.25) is 5.91 Å². The molecule has 3 rings (SSSR count). The van der Waals surface area contributed by atoms with Gasteiger partial charge < -0.3 is 14.8 Å². The van der Waals surface area contributed by atoms with Crippen LogP contribution in [0.1, 0.15) is 23.0 Å². The van der Waals surface area contributed by atoms with E-state index < -0.39 is 5.97 Å². The topological polar surface area (TPSA) is 77.5 Å². The Kier molecular flexibility index (Phi) is 7.87. The number of aromatic nitrogens is 1. The van der Waals surface area contributed by atoms with E-state index in [1.807, 2.05) is 54.6 Å². The first kappa shape index (κ1) is 21.9. The molecule has 8 heteroatoms. The molecule has 0 bridgehead atoms. The highest BCUT2D eigenvalue weighted by Crippen LogP contribution is 2.32. The zero-order valence-electron chi connectivity index (χ0n) is 16.7. The third-order valence-corrected chi connectivity index (χ3v) is 6.00. The van der Waals surface area contributed by atoms with Crippen LogP contribution in [-0.2, 0) is 9.53 Å². The van der Waals surface area contributed by atoms with E-state index in [9.17, 15) is 9.59 Å². The number of carbonyl (C=O) groups is 2. The molecule has 3 aromatic rings. The predicted octanol–water partition coefficient (Wildman–Crippen LogP) is 5.12. The van der Waals surface area contributed by atoms with Gasteiger partial charge in [0.15, 0.2) is 5.13 Å². The fourth-order valence-electron chi connectivity index (χ4n) is 2.62. The second kappa shape index (κ2) is 10.8. The molecule has 1 amide bonds. The third kappa shape index (κ3) is 5.84. The fraction of sp³-hybridized carbons (Fsp3) is 0.227. The molecule has 6 nitrogen and oxygen atoms in total. The van der Waals surface area contributed by atoms with Gasteiger partial charge in [-0.1, -0.05) is 41.7 Å². The van der Waals surface area contributed by atoms with Crippen LogP contribution >= 0.6 is 23.1 Å². The lowest BCUT2D eigenvalue weighted by molar-refractivity contribution is -0.115. The van der Waals surface area contributed by atoms with Crippen LogP contribution in [0.25, 0.3) is 11.3 Å². The van der Waals surface area contributed by atoms with Gasteiger partial charge in [0.05, 0.1) is 19.4 Å². The first-order valence-corrected chi connectivity index (χ1v) is 11.2. The lowest BCUT2D eigenvalue weighted by Crippen LogP contribution is -2.11. The van der Waals surface area contributed by atoms with Crippen LogP contribution < -0.4 is 10.1 Å². The molecule has 0 aliphatic carbocycles. The van der Waals surface area contributed by atoms with E-state index in [0.29, 0.717) is 27.9 Å². The van der Waals surface area contributed by atoms with E-state index in [1.165, 1.54) is 0 Å². The number of methoxy groups -OCH3 is 1. The van der Waals surface area contributed by atoms with Crippen molar-refractivity contribution >= 4 is 40.1 Å². The fourth-order valence-corrected chi connectivity index (χ4v) is 4.36. The van der Waals surface area contributed by atoms with Gasteiger partial charge in [-0.2, -0.15) is 0 Å². The summed E-state index contributed by atoms with van der Waals surface area (Å²) in [6.45, 7) is 2.03. The van der Waals surface area contributed by atoms with Crippen molar-refractivity contribution in [2.45, 2.75) is 18.2 Å². The van der Waals surface area contributed by atoms with Crippen LogP contribution in [0.4, 0.5) is 5.13 Å². The van der Waals surface area contributed by atoms with E-state index in [1.54, 1.807) is 25.8 Å². The molecule has 0 spiro atoms. The molecule has 30 heavy (non-hydrogen) atoms.